The third kappa shape index (κ3) is 2.27. The van der Waals surface area contributed by atoms with Crippen molar-refractivity contribution in [3.8, 4) is 0 Å². The van der Waals surface area contributed by atoms with Crippen LogP contribution in [0.15, 0.2) is 0 Å². The van der Waals surface area contributed by atoms with Gasteiger partial charge in [-0.05, 0) is 5.82 Å². The first-order valence-electron chi connectivity index (χ1n) is 2.28. The summed E-state index contributed by atoms with van der Waals surface area (Å²) in [5.41, 5.74) is 0. The summed E-state index contributed by atoms with van der Waals surface area (Å²) in [7, 11) is 1.22. The molecule has 0 aromatic rings. The predicted molar refractivity (Wildman–Crippen MR) is 27.7 cm³/mol. The fourth-order valence-corrected chi connectivity index (χ4v) is 0.105. The van der Waals surface area contributed by atoms with Gasteiger partial charge in [0.25, 0.3) is 7.48 Å². The van der Waals surface area contributed by atoms with Gasteiger partial charge < -0.3 is 5.02 Å². The zero-order chi connectivity index (χ0) is 4.99. The molecule has 0 aromatic heterocycles. The van der Waals surface area contributed by atoms with Gasteiger partial charge in [-0.3, -0.25) is 0 Å². The van der Waals surface area contributed by atoms with Crippen LogP contribution < -0.4 is 0 Å². The molecule has 1 nitrogen and oxygen atoms in total. The molecule has 0 rings (SSSR count). The van der Waals surface area contributed by atoms with Crippen LogP contribution in [-0.4, -0.2) is 12.5 Å². The summed E-state index contributed by atoms with van der Waals surface area (Å²) in [4.78, 5) is 0. The third-order valence-electron chi connectivity index (χ3n) is 0.898. The van der Waals surface area contributed by atoms with E-state index in [0.29, 0.717) is 5.82 Å². The lowest BCUT2D eigenvalue weighted by atomic mass is 9.81. The predicted octanol–water partition coefficient (Wildman–Crippen LogP) is 0.816. The highest BCUT2D eigenvalue weighted by molar-refractivity contribution is 6.27. The van der Waals surface area contributed by atoms with E-state index in [9.17, 15) is 0 Å². The van der Waals surface area contributed by atoms with Crippen molar-refractivity contribution in [2.75, 3.05) is 0 Å². The van der Waals surface area contributed by atoms with Crippen molar-refractivity contribution >= 4 is 7.48 Å². The molecule has 0 aliphatic rings. The van der Waals surface area contributed by atoms with Gasteiger partial charge >= 0.3 is 0 Å². The van der Waals surface area contributed by atoms with E-state index < -0.39 is 0 Å². The molecule has 0 aliphatic heterocycles. The molecular weight excluding hydrogens is 74.9 g/mol. The van der Waals surface area contributed by atoms with Crippen LogP contribution in [0, 0.1) is 0 Å². The van der Waals surface area contributed by atoms with Gasteiger partial charge in [0.1, 0.15) is 0 Å². The molecule has 1 N–H and O–H groups in total. The average Bonchev–Trinajstić information content (AvgIpc) is 1.65. The van der Waals surface area contributed by atoms with Gasteiger partial charge in [-0.1, -0.05) is 20.3 Å². The van der Waals surface area contributed by atoms with Crippen molar-refractivity contribution in [3.63, 3.8) is 0 Å². The molecule has 35 valence electrons. The Bertz CT molecular complexity index is 26.7. The first-order valence-corrected chi connectivity index (χ1v) is 2.28. The fourth-order valence-electron chi connectivity index (χ4n) is 0.105. The zero-order valence-corrected chi connectivity index (χ0v) is 4.31. The molecule has 2 heteroatoms. The van der Waals surface area contributed by atoms with E-state index in [1.54, 1.807) is 0 Å². The van der Waals surface area contributed by atoms with Crippen LogP contribution in [0.5, 0.6) is 0 Å². The molecule has 0 amide bonds. The highest BCUT2D eigenvalue weighted by atomic mass is 16.2. The highest BCUT2D eigenvalue weighted by Gasteiger charge is 1.94. The van der Waals surface area contributed by atoms with Gasteiger partial charge in [0.2, 0.25) is 0 Å². The lowest BCUT2D eigenvalue weighted by Gasteiger charge is -1.95. The monoisotopic (exact) mass is 85.1 g/mol. The Kier molecular flexibility index (Phi) is 3.24. The summed E-state index contributed by atoms with van der Waals surface area (Å²) >= 11 is 0. The molecule has 0 saturated heterocycles. The Balaban J connectivity index is 2.75. The largest absolute Gasteiger partial charge is 0.454 e. The third-order valence-corrected chi connectivity index (χ3v) is 0.898. The van der Waals surface area contributed by atoms with E-state index in [4.69, 9.17) is 5.02 Å². The maximum absolute atomic E-state index is 8.21. The molecule has 0 bridgehead atoms. The first kappa shape index (κ1) is 6.02. The fraction of sp³-hybridized carbons (Fsp3) is 1.00. The highest BCUT2D eigenvalue weighted by Crippen LogP contribution is 2.01. The van der Waals surface area contributed by atoms with Gasteiger partial charge in [-0.15, -0.1) is 0 Å². The minimum Gasteiger partial charge on any atom is -0.454 e. The Labute approximate surface area is 39.7 Å². The summed E-state index contributed by atoms with van der Waals surface area (Å²) in [5, 5.41) is 8.21. The molecule has 1 unspecified atom stereocenters. The second-order valence-electron chi connectivity index (χ2n) is 1.53. The van der Waals surface area contributed by atoms with E-state index in [2.05, 4.69) is 0 Å². The van der Waals surface area contributed by atoms with E-state index in [1.807, 2.05) is 13.8 Å². The molecular formula is C4H10BO. The minimum absolute atomic E-state index is 0.366. The van der Waals surface area contributed by atoms with Crippen LogP contribution in [0.3, 0.4) is 0 Å². The van der Waals surface area contributed by atoms with Crippen LogP contribution in [0.4, 0.5) is 0 Å². The molecule has 1 radical (unpaired) electrons. The Morgan fingerprint density at radius 1 is 1.83 bits per heavy atom. The van der Waals surface area contributed by atoms with E-state index in [1.165, 1.54) is 7.48 Å². The Morgan fingerprint density at radius 3 is 2.33 bits per heavy atom. The van der Waals surface area contributed by atoms with Crippen molar-refractivity contribution in [1.29, 1.82) is 0 Å². The van der Waals surface area contributed by atoms with Gasteiger partial charge in [-0.25, -0.2) is 0 Å². The van der Waals surface area contributed by atoms with E-state index >= 15 is 0 Å². The molecule has 0 heterocycles. The minimum atomic E-state index is 0.366. The van der Waals surface area contributed by atoms with Crippen molar-refractivity contribution in [2.45, 2.75) is 26.1 Å². The van der Waals surface area contributed by atoms with Crippen LogP contribution in [0.1, 0.15) is 20.3 Å². The topological polar surface area (TPSA) is 20.2 Å². The smallest absolute Gasteiger partial charge is 0.290 e. The number of hydrogen-bond donors (Lipinski definition) is 1. The SMILES string of the molecule is CCC(C)[B]O. The van der Waals surface area contributed by atoms with Crippen LogP contribution >= 0.6 is 0 Å². The second-order valence-corrected chi connectivity index (χ2v) is 1.53. The van der Waals surface area contributed by atoms with Crippen LogP contribution in [0.25, 0.3) is 0 Å². The summed E-state index contributed by atoms with van der Waals surface area (Å²) in [5.74, 6) is 0.366. The molecule has 0 saturated carbocycles. The quantitative estimate of drug-likeness (QED) is 0.492. The summed E-state index contributed by atoms with van der Waals surface area (Å²) in [6.45, 7) is 4.01. The number of rotatable bonds is 2. The van der Waals surface area contributed by atoms with Gasteiger partial charge in [0.15, 0.2) is 0 Å². The van der Waals surface area contributed by atoms with E-state index in [-0.39, 0.29) is 0 Å². The molecule has 1 atom stereocenters. The molecule has 6 heavy (non-hydrogen) atoms. The second kappa shape index (κ2) is 3.22. The average molecular weight is 84.9 g/mol. The van der Waals surface area contributed by atoms with Crippen LogP contribution in [-0.2, 0) is 0 Å². The van der Waals surface area contributed by atoms with Gasteiger partial charge in [0, 0.05) is 0 Å². The lowest BCUT2D eigenvalue weighted by Crippen LogP contribution is -1.94. The summed E-state index contributed by atoms with van der Waals surface area (Å²) in [6, 6.07) is 0. The normalized spacial score (nSPS) is 13.8. The maximum Gasteiger partial charge on any atom is 0.290 e. The molecule has 0 aromatic carbocycles. The Morgan fingerprint density at radius 2 is 2.33 bits per heavy atom. The van der Waals surface area contributed by atoms with Gasteiger partial charge in [-0.2, -0.15) is 0 Å². The van der Waals surface area contributed by atoms with Crippen molar-refractivity contribution in [2.24, 2.45) is 0 Å². The lowest BCUT2D eigenvalue weighted by molar-refractivity contribution is 0.577. The summed E-state index contributed by atoms with van der Waals surface area (Å²) < 4.78 is 0. The van der Waals surface area contributed by atoms with Crippen molar-refractivity contribution < 1.29 is 5.02 Å². The molecule has 0 fully saturated rings. The Hall–Kier alpha value is 0.0249. The standard InChI is InChI=1S/C4H10BO/c1-3-4(2)5-6/h4,6H,3H2,1-2H3. The molecule has 0 spiro atoms. The van der Waals surface area contributed by atoms with Crippen LogP contribution in [0.2, 0.25) is 5.82 Å². The van der Waals surface area contributed by atoms with E-state index in [0.717, 1.165) is 6.42 Å². The van der Waals surface area contributed by atoms with Crippen molar-refractivity contribution in [1.82, 2.24) is 0 Å². The zero-order valence-electron chi connectivity index (χ0n) is 4.31. The van der Waals surface area contributed by atoms with Crippen molar-refractivity contribution in [3.05, 3.63) is 0 Å². The first-order chi connectivity index (χ1) is 2.81. The number of hydrogen-bond acceptors (Lipinski definition) is 1. The summed E-state index contributed by atoms with van der Waals surface area (Å²) in [6.07, 6.45) is 1.02. The maximum atomic E-state index is 8.21. The van der Waals surface area contributed by atoms with Gasteiger partial charge in [0.05, 0.1) is 0 Å². The molecule has 0 aliphatic carbocycles.